The van der Waals surface area contributed by atoms with Crippen molar-refractivity contribution in [2.45, 2.75) is 32.2 Å². The predicted octanol–water partition coefficient (Wildman–Crippen LogP) is 1.47. The molecule has 1 aromatic rings. The number of amides is 2. The second-order valence-electron chi connectivity index (χ2n) is 6.75. The Hall–Kier alpha value is -2.44. The summed E-state index contributed by atoms with van der Waals surface area (Å²) in [6.07, 6.45) is 3.71. The van der Waals surface area contributed by atoms with Crippen LogP contribution in [0.1, 0.15) is 40.7 Å². The number of ether oxygens (including phenoxy) is 3. The normalized spacial score (nSPS) is 18.6. The van der Waals surface area contributed by atoms with Crippen molar-refractivity contribution in [1.29, 1.82) is 0 Å². The van der Waals surface area contributed by atoms with Crippen molar-refractivity contribution in [2.75, 3.05) is 27.5 Å². The van der Waals surface area contributed by atoms with Crippen LogP contribution in [-0.4, -0.2) is 44.2 Å². The van der Waals surface area contributed by atoms with Crippen molar-refractivity contribution in [3.63, 3.8) is 0 Å². The van der Waals surface area contributed by atoms with Crippen molar-refractivity contribution >= 4 is 11.8 Å². The van der Waals surface area contributed by atoms with Gasteiger partial charge in [-0.1, -0.05) is 6.42 Å². The lowest BCUT2D eigenvalue weighted by Gasteiger charge is -2.29. The fraction of sp³-hybridized carbons (Fsp3) is 0.556. The molecule has 0 atom stereocenters. The first-order chi connectivity index (χ1) is 12.1. The monoisotopic (exact) mass is 346 g/mol. The number of hydrogen-bond acceptors (Lipinski definition) is 5. The number of hydrogen-bond donors (Lipinski definition) is 1. The maximum Gasteiger partial charge on any atom is 0.257 e. The third-order valence-corrected chi connectivity index (χ3v) is 5.36. The fourth-order valence-electron chi connectivity index (χ4n) is 3.66. The largest absolute Gasteiger partial charge is 0.492 e. The SMILES string of the molecule is COc1c2c(c(CNC(=O)C3CCC3)c3c1C(=O)N(C)CC3)OCO2. The molecule has 7 heteroatoms. The number of nitrogens with one attached hydrogen (secondary N) is 1. The van der Waals surface area contributed by atoms with Gasteiger partial charge in [-0.3, -0.25) is 9.59 Å². The first-order valence-corrected chi connectivity index (χ1v) is 8.66. The van der Waals surface area contributed by atoms with Crippen LogP contribution in [0.3, 0.4) is 0 Å². The topological polar surface area (TPSA) is 77.1 Å². The molecule has 25 heavy (non-hydrogen) atoms. The Kier molecular flexibility index (Phi) is 3.94. The molecule has 1 saturated carbocycles. The van der Waals surface area contributed by atoms with Crippen LogP contribution in [0.5, 0.6) is 17.2 Å². The van der Waals surface area contributed by atoms with E-state index in [1.54, 1.807) is 11.9 Å². The van der Waals surface area contributed by atoms with E-state index in [2.05, 4.69) is 5.32 Å². The van der Waals surface area contributed by atoms with Gasteiger partial charge in [0.05, 0.1) is 12.7 Å². The van der Waals surface area contributed by atoms with Crippen molar-refractivity contribution in [1.82, 2.24) is 10.2 Å². The number of nitrogens with zero attached hydrogens (tertiary/aromatic N) is 1. The molecule has 134 valence electrons. The molecule has 1 aliphatic carbocycles. The van der Waals surface area contributed by atoms with Gasteiger partial charge in [0.25, 0.3) is 5.91 Å². The Morgan fingerprint density at radius 2 is 2.08 bits per heavy atom. The molecule has 1 aromatic carbocycles. The highest BCUT2D eigenvalue weighted by atomic mass is 16.7. The number of likely N-dealkylation sites (N-methyl/N-ethyl adjacent to an activating group) is 1. The Balaban J connectivity index is 1.74. The Labute approximate surface area is 146 Å². The van der Waals surface area contributed by atoms with Crippen LogP contribution in [0.4, 0.5) is 0 Å². The van der Waals surface area contributed by atoms with Crippen molar-refractivity contribution in [3.8, 4) is 17.2 Å². The van der Waals surface area contributed by atoms with Crippen LogP contribution < -0.4 is 19.5 Å². The third-order valence-electron chi connectivity index (χ3n) is 5.36. The van der Waals surface area contributed by atoms with Crippen molar-refractivity contribution in [3.05, 3.63) is 16.7 Å². The van der Waals surface area contributed by atoms with Crippen LogP contribution in [0, 0.1) is 5.92 Å². The van der Waals surface area contributed by atoms with E-state index in [4.69, 9.17) is 14.2 Å². The second kappa shape index (κ2) is 6.13. The quantitative estimate of drug-likeness (QED) is 0.893. The lowest BCUT2D eigenvalue weighted by Crippen LogP contribution is -2.37. The van der Waals surface area contributed by atoms with Gasteiger partial charge in [-0.25, -0.2) is 0 Å². The van der Waals surface area contributed by atoms with E-state index in [-0.39, 0.29) is 24.5 Å². The van der Waals surface area contributed by atoms with Crippen molar-refractivity contribution < 1.29 is 23.8 Å². The highest BCUT2D eigenvalue weighted by molar-refractivity contribution is 6.01. The zero-order valence-electron chi connectivity index (χ0n) is 14.5. The molecule has 7 nitrogen and oxygen atoms in total. The lowest BCUT2D eigenvalue weighted by atomic mass is 9.84. The smallest absolute Gasteiger partial charge is 0.257 e. The van der Waals surface area contributed by atoms with Crippen LogP contribution in [0.15, 0.2) is 0 Å². The third kappa shape index (κ3) is 2.49. The summed E-state index contributed by atoms with van der Waals surface area (Å²) in [6, 6.07) is 0. The molecule has 0 unspecified atom stereocenters. The summed E-state index contributed by atoms with van der Waals surface area (Å²) in [7, 11) is 3.30. The van der Waals surface area contributed by atoms with E-state index >= 15 is 0 Å². The molecule has 4 rings (SSSR count). The molecule has 0 spiro atoms. The van der Waals surface area contributed by atoms with Gasteiger partial charge in [-0.05, 0) is 24.8 Å². The zero-order valence-corrected chi connectivity index (χ0v) is 14.5. The second-order valence-corrected chi connectivity index (χ2v) is 6.75. The fourth-order valence-corrected chi connectivity index (χ4v) is 3.66. The summed E-state index contributed by atoms with van der Waals surface area (Å²) in [5.41, 5.74) is 2.24. The van der Waals surface area contributed by atoms with E-state index in [1.807, 2.05) is 0 Å². The van der Waals surface area contributed by atoms with Crippen molar-refractivity contribution in [2.24, 2.45) is 5.92 Å². The van der Waals surface area contributed by atoms with E-state index in [9.17, 15) is 9.59 Å². The Morgan fingerprint density at radius 3 is 2.76 bits per heavy atom. The van der Waals surface area contributed by atoms with Crippen LogP contribution in [-0.2, 0) is 17.8 Å². The molecule has 0 aromatic heterocycles. The average molecular weight is 346 g/mol. The van der Waals surface area contributed by atoms with Gasteiger partial charge < -0.3 is 24.4 Å². The maximum atomic E-state index is 12.7. The maximum absolute atomic E-state index is 12.7. The minimum absolute atomic E-state index is 0.0720. The van der Waals surface area contributed by atoms with Gasteiger partial charge in [0.2, 0.25) is 18.4 Å². The molecule has 1 N–H and O–H groups in total. The molecule has 3 aliphatic rings. The van der Waals surface area contributed by atoms with Gasteiger partial charge in [0.15, 0.2) is 11.5 Å². The number of carbonyl (C=O) groups excluding carboxylic acids is 2. The molecule has 2 amide bonds. The predicted molar refractivity (Wildman–Crippen MR) is 89.0 cm³/mol. The molecule has 1 fully saturated rings. The first kappa shape index (κ1) is 16.1. The number of fused-ring (bicyclic) bond motifs is 2. The van der Waals surface area contributed by atoms with Gasteiger partial charge in [0.1, 0.15) is 0 Å². The minimum Gasteiger partial charge on any atom is -0.492 e. The number of benzene rings is 1. The number of carbonyl (C=O) groups is 2. The zero-order chi connectivity index (χ0) is 17.6. The van der Waals surface area contributed by atoms with Gasteiger partial charge in [-0.2, -0.15) is 0 Å². The van der Waals surface area contributed by atoms with Gasteiger partial charge in [0, 0.05) is 31.6 Å². The summed E-state index contributed by atoms with van der Waals surface area (Å²) < 4.78 is 16.7. The number of methoxy groups -OCH3 is 1. The molecule has 0 radical (unpaired) electrons. The van der Waals surface area contributed by atoms with Gasteiger partial charge >= 0.3 is 0 Å². The van der Waals surface area contributed by atoms with Crippen LogP contribution >= 0.6 is 0 Å². The van der Waals surface area contributed by atoms with Crippen LogP contribution in [0.2, 0.25) is 0 Å². The standard InChI is InChI=1S/C18H22N2O5/c1-20-7-6-11-12(8-19-17(21)10-4-3-5-10)14-16(25-9-24-14)15(23-2)13(11)18(20)22/h10H,3-9H2,1-2H3,(H,19,21). The average Bonchev–Trinajstić information content (AvgIpc) is 3.02. The van der Waals surface area contributed by atoms with E-state index in [1.165, 1.54) is 7.11 Å². The summed E-state index contributed by atoms with van der Waals surface area (Å²) >= 11 is 0. The summed E-state index contributed by atoms with van der Waals surface area (Å²) in [5.74, 6) is 1.56. The van der Waals surface area contributed by atoms with Gasteiger partial charge in [-0.15, -0.1) is 0 Å². The van der Waals surface area contributed by atoms with E-state index in [0.717, 1.165) is 30.4 Å². The van der Waals surface area contributed by atoms with Crippen LogP contribution in [0.25, 0.3) is 0 Å². The lowest BCUT2D eigenvalue weighted by molar-refractivity contribution is -0.127. The summed E-state index contributed by atoms with van der Waals surface area (Å²) in [6.45, 7) is 1.05. The molecule has 2 aliphatic heterocycles. The van der Waals surface area contributed by atoms with E-state index < -0.39 is 0 Å². The Morgan fingerprint density at radius 1 is 1.32 bits per heavy atom. The molecular weight excluding hydrogens is 324 g/mol. The molecule has 2 heterocycles. The number of rotatable bonds is 4. The highest BCUT2D eigenvalue weighted by Crippen LogP contribution is 2.49. The van der Waals surface area contributed by atoms with E-state index in [0.29, 0.717) is 42.3 Å². The summed E-state index contributed by atoms with van der Waals surface area (Å²) in [4.78, 5) is 26.6. The molecule has 0 saturated heterocycles. The molecular formula is C18H22N2O5. The summed E-state index contributed by atoms with van der Waals surface area (Å²) in [5, 5.41) is 3.00. The minimum atomic E-state index is -0.0945. The Bertz CT molecular complexity index is 742. The first-order valence-electron chi connectivity index (χ1n) is 8.66. The molecule has 0 bridgehead atoms. The highest BCUT2D eigenvalue weighted by Gasteiger charge is 2.36.